The molecule has 0 spiro atoms. The summed E-state index contributed by atoms with van der Waals surface area (Å²) in [6, 6.07) is 0.787. The van der Waals surface area contributed by atoms with Crippen LogP contribution in [0.1, 0.15) is 25.8 Å². The molecule has 0 fully saturated rings. The lowest BCUT2D eigenvalue weighted by molar-refractivity contribution is -0.139. The van der Waals surface area contributed by atoms with E-state index in [1.807, 2.05) is 13.8 Å². The Labute approximate surface area is 119 Å². The second kappa shape index (κ2) is 5.87. The highest BCUT2D eigenvalue weighted by Crippen LogP contribution is 2.20. The van der Waals surface area contributed by atoms with Crippen LogP contribution in [0.2, 0.25) is 0 Å². The lowest BCUT2D eigenvalue weighted by atomic mass is 10.1. The second-order valence-corrected chi connectivity index (χ2v) is 5.75. The molecule has 0 radical (unpaired) electrons. The highest BCUT2D eigenvalue weighted by atomic mass is 32.1. The van der Waals surface area contributed by atoms with Crippen LogP contribution in [0.3, 0.4) is 0 Å². The molecule has 0 aliphatic heterocycles. The largest absolute Gasteiger partial charge is 0.480 e. The molecule has 106 valence electrons. The molecule has 2 aromatic heterocycles. The minimum absolute atomic E-state index is 0.171. The van der Waals surface area contributed by atoms with Gasteiger partial charge in [0.1, 0.15) is 6.04 Å². The zero-order valence-electron chi connectivity index (χ0n) is 11.1. The van der Waals surface area contributed by atoms with E-state index in [0.717, 1.165) is 10.4 Å². The average molecular weight is 293 g/mol. The van der Waals surface area contributed by atoms with Crippen molar-refractivity contribution in [3.63, 3.8) is 0 Å². The molecule has 20 heavy (non-hydrogen) atoms. The molecule has 0 aromatic carbocycles. The Morgan fingerprint density at radius 2 is 2.25 bits per heavy atom. The Kier molecular flexibility index (Phi) is 4.19. The van der Waals surface area contributed by atoms with Gasteiger partial charge in [0.15, 0.2) is 0 Å². The first-order chi connectivity index (χ1) is 9.47. The summed E-state index contributed by atoms with van der Waals surface area (Å²) < 4.78 is 0. The van der Waals surface area contributed by atoms with Crippen LogP contribution in [0.25, 0.3) is 0 Å². The van der Waals surface area contributed by atoms with E-state index in [9.17, 15) is 14.7 Å². The highest BCUT2D eigenvalue weighted by molar-refractivity contribution is 7.14. The summed E-state index contributed by atoms with van der Waals surface area (Å²) in [5.74, 6) is -1.43. The van der Waals surface area contributed by atoms with Gasteiger partial charge in [-0.05, 0) is 25.5 Å². The Bertz CT molecular complexity index is 599. The quantitative estimate of drug-likeness (QED) is 0.778. The smallest absolute Gasteiger partial charge is 0.326 e. The maximum atomic E-state index is 12.1. The lowest BCUT2D eigenvalue weighted by Gasteiger charge is -2.12. The lowest BCUT2D eigenvalue weighted by Crippen LogP contribution is -2.42. The molecule has 1 amide bonds. The molecule has 0 aliphatic carbocycles. The van der Waals surface area contributed by atoms with Gasteiger partial charge in [-0.2, -0.15) is 0 Å². The molecule has 2 aromatic rings. The SMILES string of the molecule is Cc1cc(C(=O)NC(Cc2cnc[nH]2)C(=O)O)sc1C. The molecule has 6 nitrogen and oxygen atoms in total. The molecule has 0 bridgehead atoms. The zero-order valence-corrected chi connectivity index (χ0v) is 12.0. The fraction of sp³-hybridized carbons (Fsp3) is 0.308. The summed E-state index contributed by atoms with van der Waals surface area (Å²) >= 11 is 1.36. The van der Waals surface area contributed by atoms with Crippen molar-refractivity contribution in [2.75, 3.05) is 0 Å². The van der Waals surface area contributed by atoms with Crippen molar-refractivity contribution in [1.82, 2.24) is 15.3 Å². The molecule has 1 unspecified atom stereocenters. The van der Waals surface area contributed by atoms with Gasteiger partial charge in [-0.3, -0.25) is 4.79 Å². The molecule has 1 atom stereocenters. The van der Waals surface area contributed by atoms with Crippen molar-refractivity contribution in [3.8, 4) is 0 Å². The molecule has 0 saturated carbocycles. The van der Waals surface area contributed by atoms with Crippen LogP contribution in [-0.4, -0.2) is 33.0 Å². The standard InChI is InChI=1S/C13H15N3O3S/c1-7-3-11(20-8(7)2)12(17)16-10(13(18)19)4-9-5-14-6-15-9/h3,5-6,10H,4H2,1-2H3,(H,14,15)(H,16,17)(H,18,19). The third-order valence-electron chi connectivity index (χ3n) is 2.97. The van der Waals surface area contributed by atoms with Gasteiger partial charge in [-0.1, -0.05) is 0 Å². The third-order valence-corrected chi connectivity index (χ3v) is 4.12. The summed E-state index contributed by atoms with van der Waals surface area (Å²) in [7, 11) is 0. The Balaban J connectivity index is 2.08. The number of rotatable bonds is 5. The Hall–Kier alpha value is -2.15. The van der Waals surface area contributed by atoms with Gasteiger partial charge in [-0.15, -0.1) is 11.3 Å². The number of nitrogens with one attached hydrogen (secondary N) is 2. The van der Waals surface area contributed by atoms with E-state index in [-0.39, 0.29) is 12.3 Å². The van der Waals surface area contributed by atoms with Crippen molar-refractivity contribution < 1.29 is 14.7 Å². The molecular weight excluding hydrogens is 278 g/mol. The van der Waals surface area contributed by atoms with Gasteiger partial charge in [0.25, 0.3) is 5.91 Å². The number of imidazole rings is 1. The summed E-state index contributed by atoms with van der Waals surface area (Å²) in [4.78, 5) is 31.5. The summed E-state index contributed by atoms with van der Waals surface area (Å²) in [6.07, 6.45) is 3.19. The number of thiophene rings is 1. The van der Waals surface area contributed by atoms with E-state index in [1.54, 1.807) is 12.3 Å². The number of H-pyrrole nitrogens is 1. The number of carbonyl (C=O) groups is 2. The first-order valence-electron chi connectivity index (χ1n) is 6.05. The van der Waals surface area contributed by atoms with E-state index in [0.29, 0.717) is 10.6 Å². The minimum Gasteiger partial charge on any atom is -0.480 e. The summed E-state index contributed by atoms with van der Waals surface area (Å²) in [5.41, 5.74) is 1.69. The van der Waals surface area contributed by atoms with E-state index < -0.39 is 12.0 Å². The molecule has 0 saturated heterocycles. The van der Waals surface area contributed by atoms with Gasteiger partial charge in [0.2, 0.25) is 0 Å². The fourth-order valence-corrected chi connectivity index (χ4v) is 2.67. The van der Waals surface area contributed by atoms with Crippen LogP contribution < -0.4 is 5.32 Å². The van der Waals surface area contributed by atoms with E-state index in [2.05, 4.69) is 15.3 Å². The maximum Gasteiger partial charge on any atom is 0.326 e. The zero-order chi connectivity index (χ0) is 14.7. The average Bonchev–Trinajstić information content (AvgIpc) is 2.99. The van der Waals surface area contributed by atoms with Crippen LogP contribution in [-0.2, 0) is 11.2 Å². The van der Waals surface area contributed by atoms with Gasteiger partial charge in [0.05, 0.1) is 11.2 Å². The van der Waals surface area contributed by atoms with Gasteiger partial charge in [-0.25, -0.2) is 9.78 Å². The summed E-state index contributed by atoms with van der Waals surface area (Å²) in [5, 5.41) is 11.7. The van der Waals surface area contributed by atoms with Gasteiger partial charge in [0, 0.05) is 23.2 Å². The van der Waals surface area contributed by atoms with E-state index >= 15 is 0 Å². The van der Waals surface area contributed by atoms with Crippen molar-refractivity contribution in [2.45, 2.75) is 26.3 Å². The molecule has 2 heterocycles. The monoisotopic (exact) mass is 293 g/mol. The van der Waals surface area contributed by atoms with Crippen LogP contribution in [0, 0.1) is 13.8 Å². The number of aromatic nitrogens is 2. The number of carbonyl (C=O) groups excluding carboxylic acids is 1. The van der Waals surface area contributed by atoms with Crippen molar-refractivity contribution in [1.29, 1.82) is 0 Å². The number of aromatic amines is 1. The number of aliphatic carboxylic acids is 1. The first-order valence-corrected chi connectivity index (χ1v) is 6.87. The maximum absolute atomic E-state index is 12.1. The van der Waals surface area contributed by atoms with Crippen molar-refractivity contribution in [2.24, 2.45) is 0 Å². The van der Waals surface area contributed by atoms with E-state index in [1.165, 1.54) is 17.7 Å². The normalized spacial score (nSPS) is 12.1. The molecule has 2 rings (SSSR count). The number of amides is 1. The molecule has 7 heteroatoms. The Morgan fingerprint density at radius 3 is 2.75 bits per heavy atom. The second-order valence-electron chi connectivity index (χ2n) is 4.50. The number of hydrogen-bond donors (Lipinski definition) is 3. The van der Waals surface area contributed by atoms with Crippen molar-refractivity contribution >= 4 is 23.2 Å². The van der Waals surface area contributed by atoms with Crippen LogP contribution in [0.5, 0.6) is 0 Å². The Morgan fingerprint density at radius 1 is 1.50 bits per heavy atom. The third kappa shape index (κ3) is 3.24. The first kappa shape index (κ1) is 14.3. The van der Waals surface area contributed by atoms with Crippen LogP contribution in [0.15, 0.2) is 18.6 Å². The topological polar surface area (TPSA) is 95.1 Å². The van der Waals surface area contributed by atoms with Crippen LogP contribution in [0.4, 0.5) is 0 Å². The predicted octanol–water partition coefficient (Wildman–Crippen LogP) is 1.51. The number of carboxylic acid groups (broad SMARTS) is 1. The number of carboxylic acids is 1. The predicted molar refractivity (Wildman–Crippen MR) is 75.0 cm³/mol. The number of hydrogen-bond acceptors (Lipinski definition) is 4. The fourth-order valence-electron chi connectivity index (χ4n) is 1.73. The van der Waals surface area contributed by atoms with Crippen molar-refractivity contribution in [3.05, 3.63) is 39.6 Å². The number of nitrogens with zero attached hydrogens (tertiary/aromatic N) is 1. The molecule has 0 aliphatic rings. The van der Waals surface area contributed by atoms with E-state index in [4.69, 9.17) is 0 Å². The number of aryl methyl sites for hydroxylation is 2. The minimum atomic E-state index is -1.07. The molecule has 3 N–H and O–H groups in total. The summed E-state index contributed by atoms with van der Waals surface area (Å²) in [6.45, 7) is 3.85. The molecular formula is C13H15N3O3S. The van der Waals surface area contributed by atoms with Crippen LogP contribution >= 0.6 is 11.3 Å². The highest BCUT2D eigenvalue weighted by Gasteiger charge is 2.22. The van der Waals surface area contributed by atoms with Gasteiger partial charge >= 0.3 is 5.97 Å². The van der Waals surface area contributed by atoms with Gasteiger partial charge < -0.3 is 15.4 Å².